The third kappa shape index (κ3) is 1.40. The van der Waals surface area contributed by atoms with Crippen molar-refractivity contribution in [3.8, 4) is 0 Å². The average Bonchev–Trinajstić information content (AvgIpc) is 2.66. The number of rotatable bonds is 2. The van der Waals surface area contributed by atoms with Gasteiger partial charge in [-0.15, -0.1) is 0 Å². The van der Waals surface area contributed by atoms with Gasteiger partial charge in [0.1, 0.15) is 0 Å². The van der Waals surface area contributed by atoms with E-state index in [1.54, 1.807) is 0 Å². The van der Waals surface area contributed by atoms with Crippen molar-refractivity contribution < 1.29 is 13.9 Å². The lowest BCUT2D eigenvalue weighted by atomic mass is 10.3. The lowest BCUT2D eigenvalue weighted by molar-refractivity contribution is -0.147. The highest BCUT2D eigenvalue weighted by molar-refractivity contribution is 5.75. The smallest absolute Gasteiger partial charge is 0.340 e. The second-order valence-electron chi connectivity index (χ2n) is 2.26. The monoisotopic (exact) mass is 132 g/mol. The first-order chi connectivity index (χ1) is 4.25. The van der Waals surface area contributed by atoms with Crippen molar-refractivity contribution in [2.24, 2.45) is 5.92 Å². The van der Waals surface area contributed by atoms with E-state index in [4.69, 9.17) is 0 Å². The molecule has 1 aliphatic rings. The largest absolute Gasteiger partial charge is 0.467 e. The first kappa shape index (κ1) is 6.52. The second-order valence-corrected chi connectivity index (χ2v) is 2.26. The minimum atomic E-state index is -1.37. The fourth-order valence-electron chi connectivity index (χ4n) is 0.694. The fourth-order valence-corrected chi connectivity index (χ4v) is 0.694. The van der Waals surface area contributed by atoms with Crippen LogP contribution in [0, 0.1) is 5.92 Å². The van der Waals surface area contributed by atoms with Crippen molar-refractivity contribution >= 4 is 5.97 Å². The van der Waals surface area contributed by atoms with Crippen molar-refractivity contribution in [1.82, 2.24) is 0 Å². The van der Waals surface area contributed by atoms with Crippen LogP contribution in [0.3, 0.4) is 0 Å². The summed E-state index contributed by atoms with van der Waals surface area (Å²) in [6.07, 6.45) is 0.294. The Morgan fingerprint density at radius 3 is 2.67 bits per heavy atom. The Kier molecular flexibility index (Phi) is 1.69. The molecule has 0 bridgehead atoms. The van der Waals surface area contributed by atoms with E-state index >= 15 is 0 Å². The first-order valence-electron chi connectivity index (χ1n) is 2.97. The minimum absolute atomic E-state index is 0.0440. The topological polar surface area (TPSA) is 26.3 Å². The highest BCUT2D eigenvalue weighted by atomic mass is 19.1. The zero-order valence-corrected chi connectivity index (χ0v) is 5.26. The molecule has 1 fully saturated rings. The van der Waals surface area contributed by atoms with Crippen LogP contribution in [0.4, 0.5) is 4.39 Å². The van der Waals surface area contributed by atoms with Crippen LogP contribution in [0.15, 0.2) is 0 Å². The maximum absolute atomic E-state index is 12.5. The second kappa shape index (κ2) is 2.33. The van der Waals surface area contributed by atoms with Gasteiger partial charge in [-0.3, -0.25) is 0 Å². The van der Waals surface area contributed by atoms with Gasteiger partial charge in [0.25, 0.3) is 0 Å². The van der Waals surface area contributed by atoms with Crippen LogP contribution < -0.4 is 0 Å². The molecule has 0 radical (unpaired) electrons. The SMILES string of the molecule is COC(=O)C(F)C1CC1. The Morgan fingerprint density at radius 2 is 2.33 bits per heavy atom. The number of esters is 1. The molecule has 52 valence electrons. The van der Waals surface area contributed by atoms with E-state index in [1.165, 1.54) is 7.11 Å². The summed E-state index contributed by atoms with van der Waals surface area (Å²) in [4.78, 5) is 10.4. The molecular weight excluding hydrogens is 123 g/mol. The van der Waals surface area contributed by atoms with E-state index in [0.29, 0.717) is 0 Å². The van der Waals surface area contributed by atoms with Crippen LogP contribution in [0.2, 0.25) is 0 Å². The molecule has 9 heavy (non-hydrogen) atoms. The van der Waals surface area contributed by atoms with Gasteiger partial charge in [-0.25, -0.2) is 9.18 Å². The summed E-state index contributed by atoms with van der Waals surface area (Å²) in [5.41, 5.74) is 0. The van der Waals surface area contributed by atoms with Gasteiger partial charge in [-0.1, -0.05) is 0 Å². The zero-order valence-electron chi connectivity index (χ0n) is 5.26. The standard InChI is InChI=1S/C6H9FO2/c1-9-6(8)5(7)4-2-3-4/h4-5H,2-3H2,1H3. The van der Waals surface area contributed by atoms with E-state index in [2.05, 4.69) is 4.74 Å². The molecule has 0 aliphatic heterocycles. The molecule has 1 unspecified atom stereocenters. The lowest BCUT2D eigenvalue weighted by Gasteiger charge is -2.01. The van der Waals surface area contributed by atoms with Gasteiger partial charge in [0.05, 0.1) is 7.11 Å². The molecule has 3 heteroatoms. The van der Waals surface area contributed by atoms with Gasteiger partial charge in [0.2, 0.25) is 0 Å². The number of carbonyl (C=O) groups excluding carboxylic acids is 1. The third-order valence-corrected chi connectivity index (χ3v) is 1.46. The molecular formula is C6H9FO2. The summed E-state index contributed by atoms with van der Waals surface area (Å²) in [5.74, 6) is -0.769. The predicted molar refractivity (Wildman–Crippen MR) is 29.6 cm³/mol. The summed E-state index contributed by atoms with van der Waals surface area (Å²) in [7, 11) is 1.21. The van der Waals surface area contributed by atoms with Crippen LogP contribution in [-0.2, 0) is 9.53 Å². The quantitative estimate of drug-likeness (QED) is 0.522. The highest BCUT2D eigenvalue weighted by Crippen LogP contribution is 2.34. The summed E-state index contributed by atoms with van der Waals surface area (Å²) < 4.78 is 16.7. The van der Waals surface area contributed by atoms with Gasteiger partial charge >= 0.3 is 5.97 Å². The molecule has 0 heterocycles. The molecule has 0 amide bonds. The molecule has 0 N–H and O–H groups in total. The summed E-state index contributed by atoms with van der Waals surface area (Å²) in [5, 5.41) is 0. The molecule has 0 aromatic heterocycles. The Balaban J connectivity index is 2.30. The molecule has 1 aliphatic carbocycles. The van der Waals surface area contributed by atoms with Crippen LogP contribution in [0.1, 0.15) is 12.8 Å². The van der Waals surface area contributed by atoms with Crippen LogP contribution in [0.25, 0.3) is 0 Å². The first-order valence-corrected chi connectivity index (χ1v) is 2.97. The Bertz CT molecular complexity index is 120. The van der Waals surface area contributed by atoms with Crippen LogP contribution in [-0.4, -0.2) is 19.3 Å². The van der Waals surface area contributed by atoms with Crippen molar-refractivity contribution in [3.63, 3.8) is 0 Å². The minimum Gasteiger partial charge on any atom is -0.467 e. The van der Waals surface area contributed by atoms with Crippen molar-refractivity contribution in [1.29, 1.82) is 0 Å². The van der Waals surface area contributed by atoms with Crippen LogP contribution >= 0.6 is 0 Å². The zero-order chi connectivity index (χ0) is 6.85. The van der Waals surface area contributed by atoms with Gasteiger partial charge in [-0.05, 0) is 12.8 Å². The van der Waals surface area contributed by atoms with Crippen molar-refractivity contribution in [2.75, 3.05) is 7.11 Å². The average molecular weight is 132 g/mol. The molecule has 0 aromatic rings. The van der Waals surface area contributed by atoms with Crippen molar-refractivity contribution in [2.45, 2.75) is 19.0 Å². The lowest BCUT2D eigenvalue weighted by Crippen LogP contribution is -2.18. The van der Waals surface area contributed by atoms with E-state index in [9.17, 15) is 9.18 Å². The molecule has 1 atom stereocenters. The third-order valence-electron chi connectivity index (χ3n) is 1.46. The van der Waals surface area contributed by atoms with Crippen LogP contribution in [0.5, 0.6) is 0 Å². The molecule has 0 aromatic carbocycles. The number of methoxy groups -OCH3 is 1. The van der Waals surface area contributed by atoms with Gasteiger partial charge in [0, 0.05) is 5.92 Å². The number of ether oxygens (including phenoxy) is 1. The number of hydrogen-bond acceptors (Lipinski definition) is 2. The number of hydrogen-bond donors (Lipinski definition) is 0. The summed E-state index contributed by atoms with van der Waals surface area (Å²) in [6.45, 7) is 0. The van der Waals surface area contributed by atoms with E-state index in [1.807, 2.05) is 0 Å². The fraction of sp³-hybridized carbons (Fsp3) is 0.833. The maximum Gasteiger partial charge on any atom is 0.340 e. The molecule has 0 spiro atoms. The predicted octanol–water partition coefficient (Wildman–Crippen LogP) is 0.907. The molecule has 1 rings (SSSR count). The number of carbonyl (C=O) groups is 1. The van der Waals surface area contributed by atoms with Crippen molar-refractivity contribution in [3.05, 3.63) is 0 Å². The number of halogens is 1. The van der Waals surface area contributed by atoms with E-state index in [-0.39, 0.29) is 5.92 Å². The van der Waals surface area contributed by atoms with E-state index in [0.717, 1.165) is 12.8 Å². The van der Waals surface area contributed by atoms with E-state index < -0.39 is 12.1 Å². The normalized spacial score (nSPS) is 21.1. The molecule has 0 saturated heterocycles. The van der Waals surface area contributed by atoms with Gasteiger partial charge < -0.3 is 4.74 Å². The Labute approximate surface area is 53.0 Å². The number of alkyl halides is 1. The highest BCUT2D eigenvalue weighted by Gasteiger charge is 2.36. The Morgan fingerprint density at radius 1 is 1.78 bits per heavy atom. The molecule has 2 nitrogen and oxygen atoms in total. The Hall–Kier alpha value is -0.600. The summed E-state index contributed by atoms with van der Waals surface area (Å²) in [6, 6.07) is 0. The van der Waals surface area contributed by atoms with Gasteiger partial charge in [0.15, 0.2) is 6.17 Å². The molecule has 1 saturated carbocycles. The maximum atomic E-state index is 12.5. The van der Waals surface area contributed by atoms with Gasteiger partial charge in [-0.2, -0.15) is 0 Å². The summed E-state index contributed by atoms with van der Waals surface area (Å²) >= 11 is 0.